The van der Waals surface area contributed by atoms with Gasteiger partial charge in [-0.15, -0.1) is 0 Å². The molecule has 0 saturated carbocycles. The number of esters is 2. The molecule has 0 amide bonds. The molecular weight excluding hydrogens is 669 g/mol. The summed E-state index contributed by atoms with van der Waals surface area (Å²) in [7, 11) is 0. The minimum atomic E-state index is -0.778. The van der Waals surface area contributed by atoms with Crippen molar-refractivity contribution in [3.63, 3.8) is 0 Å². The molecule has 5 heteroatoms. The van der Waals surface area contributed by atoms with E-state index in [1.54, 1.807) is 0 Å². The molecule has 1 atom stereocenters. The van der Waals surface area contributed by atoms with Crippen LogP contribution in [0.3, 0.4) is 0 Å². The molecule has 54 heavy (non-hydrogen) atoms. The SMILES string of the molecule is CC/C=C\C/C=C\C/C=C\C/C=C\CCCCCCCCCCC(=O)OC(CO)COC(=O)CCCCCCCCCCC/C=C\CCCCCCCC. The smallest absolute Gasteiger partial charge is 0.306 e. The maximum absolute atomic E-state index is 12.2. The van der Waals surface area contributed by atoms with Gasteiger partial charge < -0.3 is 14.6 Å². The van der Waals surface area contributed by atoms with Crippen molar-refractivity contribution in [3.8, 4) is 0 Å². The highest BCUT2D eigenvalue weighted by atomic mass is 16.6. The molecule has 0 aromatic carbocycles. The number of carbonyl (C=O) groups excluding carboxylic acids is 2. The molecule has 0 heterocycles. The van der Waals surface area contributed by atoms with Crippen molar-refractivity contribution in [1.82, 2.24) is 0 Å². The summed E-state index contributed by atoms with van der Waals surface area (Å²) in [5, 5.41) is 9.60. The van der Waals surface area contributed by atoms with E-state index in [0.29, 0.717) is 12.8 Å². The molecule has 0 aromatic heterocycles. The number of allylic oxidation sites excluding steroid dienone is 10. The van der Waals surface area contributed by atoms with Gasteiger partial charge in [-0.2, -0.15) is 0 Å². The first-order valence-corrected chi connectivity index (χ1v) is 22.8. The molecule has 0 aliphatic carbocycles. The van der Waals surface area contributed by atoms with Crippen LogP contribution in [0.15, 0.2) is 60.8 Å². The Kier molecular flexibility index (Phi) is 43.0. The summed E-state index contributed by atoms with van der Waals surface area (Å²) in [6.45, 7) is 4.02. The standard InChI is InChI=1S/C49H86O5/c1-3-5-7-9-11-13-15-17-19-21-23-24-26-28-30-32-34-36-38-40-42-44-49(52)54-47(45-50)46-53-48(51)43-41-39-37-35-33-31-29-27-25-22-20-18-16-14-12-10-8-6-4-2/h5,7,11,13,17-20,23-24,47,50H,3-4,6,8-10,12,14-16,21-22,25-46H2,1-2H3/b7-5-,13-11-,19-17-,20-18-,24-23-. The molecule has 0 spiro atoms. The Hall–Kier alpha value is -2.40. The van der Waals surface area contributed by atoms with Crippen LogP contribution in [0.2, 0.25) is 0 Å². The molecule has 0 aliphatic rings. The normalized spacial score (nSPS) is 12.7. The number of aliphatic hydroxyl groups is 1. The summed E-state index contributed by atoms with van der Waals surface area (Å²) in [5.74, 6) is -0.600. The fourth-order valence-electron chi connectivity index (χ4n) is 6.36. The van der Waals surface area contributed by atoms with Crippen molar-refractivity contribution in [1.29, 1.82) is 0 Å². The fourth-order valence-corrected chi connectivity index (χ4v) is 6.36. The van der Waals surface area contributed by atoms with Crippen LogP contribution in [0.25, 0.3) is 0 Å². The second-order valence-corrected chi connectivity index (χ2v) is 15.1. The molecule has 5 nitrogen and oxygen atoms in total. The number of aliphatic hydroxyl groups excluding tert-OH is 1. The van der Waals surface area contributed by atoms with E-state index in [2.05, 4.69) is 74.6 Å². The quantitative estimate of drug-likeness (QED) is 0.0382. The van der Waals surface area contributed by atoms with E-state index in [4.69, 9.17) is 9.47 Å². The van der Waals surface area contributed by atoms with Crippen LogP contribution in [0.4, 0.5) is 0 Å². The predicted octanol–water partition coefficient (Wildman–Crippen LogP) is 14.7. The highest BCUT2D eigenvalue weighted by molar-refractivity contribution is 5.70. The highest BCUT2D eigenvalue weighted by Gasteiger charge is 2.16. The molecule has 0 rings (SSSR count). The molecule has 0 aromatic rings. The Morgan fingerprint density at radius 3 is 1.22 bits per heavy atom. The van der Waals surface area contributed by atoms with Crippen LogP contribution < -0.4 is 0 Å². The van der Waals surface area contributed by atoms with E-state index in [1.165, 1.54) is 122 Å². The van der Waals surface area contributed by atoms with Crippen molar-refractivity contribution < 1.29 is 24.2 Å². The van der Waals surface area contributed by atoms with E-state index in [-0.39, 0.29) is 25.2 Å². The summed E-state index contributed by atoms with van der Waals surface area (Å²) in [4.78, 5) is 24.4. The molecule has 1 unspecified atom stereocenters. The molecule has 1 N–H and O–H groups in total. The summed E-state index contributed by atoms with van der Waals surface area (Å²) in [5.41, 5.74) is 0. The van der Waals surface area contributed by atoms with Gasteiger partial charge in [-0.1, -0.05) is 190 Å². The molecule has 312 valence electrons. The van der Waals surface area contributed by atoms with Crippen molar-refractivity contribution >= 4 is 11.9 Å². The zero-order valence-corrected chi connectivity index (χ0v) is 35.5. The fraction of sp³-hybridized carbons (Fsp3) is 0.755. The summed E-state index contributed by atoms with van der Waals surface area (Å²) in [6.07, 6.45) is 58.6. The molecular formula is C49H86O5. The van der Waals surface area contributed by atoms with E-state index in [1.807, 2.05) is 0 Å². The number of hydrogen-bond donors (Lipinski definition) is 1. The second kappa shape index (κ2) is 45.0. The average Bonchev–Trinajstić information content (AvgIpc) is 3.17. The van der Waals surface area contributed by atoms with Gasteiger partial charge in [-0.05, 0) is 77.0 Å². The van der Waals surface area contributed by atoms with Crippen molar-refractivity contribution in [3.05, 3.63) is 60.8 Å². The largest absolute Gasteiger partial charge is 0.462 e. The first-order valence-electron chi connectivity index (χ1n) is 22.8. The van der Waals surface area contributed by atoms with Gasteiger partial charge in [0.25, 0.3) is 0 Å². The second-order valence-electron chi connectivity index (χ2n) is 15.1. The Balaban J connectivity index is 3.55. The Bertz CT molecular complexity index is 946. The van der Waals surface area contributed by atoms with Crippen molar-refractivity contribution in [2.24, 2.45) is 0 Å². The van der Waals surface area contributed by atoms with Gasteiger partial charge in [0.2, 0.25) is 0 Å². The van der Waals surface area contributed by atoms with E-state index >= 15 is 0 Å². The summed E-state index contributed by atoms with van der Waals surface area (Å²) >= 11 is 0. The van der Waals surface area contributed by atoms with Crippen molar-refractivity contribution in [2.75, 3.05) is 13.2 Å². The van der Waals surface area contributed by atoms with Crippen LogP contribution in [0, 0.1) is 0 Å². The van der Waals surface area contributed by atoms with Gasteiger partial charge in [0.15, 0.2) is 6.10 Å². The van der Waals surface area contributed by atoms with Crippen LogP contribution >= 0.6 is 0 Å². The lowest BCUT2D eigenvalue weighted by molar-refractivity contribution is -0.161. The molecule has 0 bridgehead atoms. The zero-order valence-electron chi connectivity index (χ0n) is 35.5. The predicted molar refractivity (Wildman–Crippen MR) is 233 cm³/mol. The summed E-state index contributed by atoms with van der Waals surface area (Å²) < 4.78 is 10.6. The number of rotatable bonds is 41. The van der Waals surface area contributed by atoms with Crippen molar-refractivity contribution in [2.45, 2.75) is 225 Å². The first-order chi connectivity index (χ1) is 26.6. The topological polar surface area (TPSA) is 72.8 Å². The zero-order chi connectivity index (χ0) is 39.3. The highest BCUT2D eigenvalue weighted by Crippen LogP contribution is 2.14. The van der Waals surface area contributed by atoms with Crippen LogP contribution in [-0.2, 0) is 19.1 Å². The monoisotopic (exact) mass is 755 g/mol. The van der Waals surface area contributed by atoms with Gasteiger partial charge in [0, 0.05) is 12.8 Å². The third-order valence-electron chi connectivity index (χ3n) is 9.80. The third-order valence-corrected chi connectivity index (χ3v) is 9.80. The van der Waals surface area contributed by atoms with E-state index in [9.17, 15) is 14.7 Å². The summed E-state index contributed by atoms with van der Waals surface area (Å²) in [6, 6.07) is 0. The Morgan fingerprint density at radius 2 is 0.796 bits per heavy atom. The van der Waals surface area contributed by atoms with Gasteiger partial charge in [0.1, 0.15) is 6.61 Å². The first kappa shape index (κ1) is 51.6. The van der Waals surface area contributed by atoms with Crippen LogP contribution in [-0.4, -0.2) is 36.4 Å². The lowest BCUT2D eigenvalue weighted by Gasteiger charge is -2.15. The van der Waals surface area contributed by atoms with Crippen LogP contribution in [0.1, 0.15) is 219 Å². The Labute approximate surface area is 334 Å². The van der Waals surface area contributed by atoms with E-state index in [0.717, 1.165) is 70.6 Å². The lowest BCUT2D eigenvalue weighted by Crippen LogP contribution is -2.28. The maximum atomic E-state index is 12.2. The molecule has 0 saturated heterocycles. The third kappa shape index (κ3) is 42.3. The minimum absolute atomic E-state index is 0.0712. The maximum Gasteiger partial charge on any atom is 0.306 e. The minimum Gasteiger partial charge on any atom is -0.462 e. The molecule has 0 fully saturated rings. The molecule has 0 radical (unpaired) electrons. The van der Waals surface area contributed by atoms with Gasteiger partial charge in [-0.3, -0.25) is 9.59 Å². The van der Waals surface area contributed by atoms with Gasteiger partial charge in [-0.25, -0.2) is 0 Å². The van der Waals surface area contributed by atoms with Gasteiger partial charge >= 0.3 is 11.9 Å². The lowest BCUT2D eigenvalue weighted by atomic mass is 10.1. The number of ether oxygens (including phenoxy) is 2. The molecule has 0 aliphatic heterocycles. The average molecular weight is 755 g/mol. The van der Waals surface area contributed by atoms with Gasteiger partial charge in [0.05, 0.1) is 6.61 Å². The number of unbranched alkanes of at least 4 members (excludes halogenated alkanes) is 23. The van der Waals surface area contributed by atoms with E-state index < -0.39 is 6.10 Å². The number of carbonyl (C=O) groups is 2. The number of hydrogen-bond acceptors (Lipinski definition) is 5. The van der Waals surface area contributed by atoms with Crippen LogP contribution in [0.5, 0.6) is 0 Å². The Morgan fingerprint density at radius 1 is 0.444 bits per heavy atom.